The van der Waals surface area contributed by atoms with E-state index in [0.717, 1.165) is 58.7 Å². The molecule has 0 radical (unpaired) electrons. The molecule has 2 aromatic carbocycles. The van der Waals surface area contributed by atoms with Crippen molar-refractivity contribution in [2.24, 2.45) is 5.92 Å². The molecule has 0 saturated heterocycles. The fourth-order valence-corrected chi connectivity index (χ4v) is 7.32. The summed E-state index contributed by atoms with van der Waals surface area (Å²) in [6, 6.07) is 19.2. The Kier molecular flexibility index (Phi) is 13.6. The number of nitrogens with zero attached hydrogens (tertiary/aromatic N) is 2. The van der Waals surface area contributed by atoms with Gasteiger partial charge < -0.3 is 15.4 Å². The highest BCUT2D eigenvalue weighted by molar-refractivity contribution is 7.14. The maximum Gasteiger partial charge on any atom is 0.262 e. The first-order valence-corrected chi connectivity index (χ1v) is 19.3. The van der Waals surface area contributed by atoms with Crippen molar-refractivity contribution in [2.45, 2.75) is 110 Å². The first-order chi connectivity index (χ1) is 24.2. The summed E-state index contributed by atoms with van der Waals surface area (Å²) in [7, 11) is 0. The Morgan fingerprint density at radius 3 is 2.18 bits per heavy atom. The molecular weight excluding hydrogens is 641 g/mol. The third-order valence-corrected chi connectivity index (χ3v) is 11.0. The third kappa shape index (κ3) is 11.0. The maximum atomic E-state index is 13.5. The van der Waals surface area contributed by atoms with Crippen LogP contribution in [0.4, 0.5) is 0 Å². The highest BCUT2D eigenvalue weighted by atomic mass is 32.1. The van der Waals surface area contributed by atoms with Crippen LogP contribution in [0.15, 0.2) is 73.1 Å². The number of aromatic nitrogens is 2. The van der Waals surface area contributed by atoms with Crippen molar-refractivity contribution in [3.63, 3.8) is 0 Å². The van der Waals surface area contributed by atoms with Crippen LogP contribution in [0.3, 0.4) is 0 Å². The zero-order valence-electron chi connectivity index (χ0n) is 30.3. The summed E-state index contributed by atoms with van der Waals surface area (Å²) in [6.07, 6.45) is 16.2. The van der Waals surface area contributed by atoms with Crippen molar-refractivity contribution in [1.29, 1.82) is 0 Å². The van der Waals surface area contributed by atoms with Gasteiger partial charge in [-0.2, -0.15) is 0 Å². The monoisotopic (exact) mass is 694 g/mol. The summed E-state index contributed by atoms with van der Waals surface area (Å²) in [6.45, 7) is 10.0. The van der Waals surface area contributed by atoms with Gasteiger partial charge in [0.1, 0.15) is 11.8 Å². The molecule has 2 heterocycles. The van der Waals surface area contributed by atoms with Crippen LogP contribution < -0.4 is 15.4 Å². The fourth-order valence-electron chi connectivity index (χ4n) is 6.35. The molecule has 266 valence electrons. The van der Waals surface area contributed by atoms with Crippen molar-refractivity contribution in [3.8, 4) is 28.3 Å². The molecule has 4 aromatic rings. The van der Waals surface area contributed by atoms with Crippen LogP contribution in [0.1, 0.15) is 112 Å². The SMILES string of the molecule is CCCCCCCOc1ccc(-c2cnc(-c3ccc(C[C@H](NC(=O)c4ccc(C(C)(C)C)s4)C(=O)NCC4CCCCC4)cc3)nc2)cc1. The Morgan fingerprint density at radius 2 is 1.52 bits per heavy atom. The average Bonchev–Trinajstić information content (AvgIpc) is 3.65. The van der Waals surface area contributed by atoms with Gasteiger partial charge in [0, 0.05) is 41.4 Å². The molecule has 1 fully saturated rings. The van der Waals surface area contributed by atoms with Crippen molar-refractivity contribution in [1.82, 2.24) is 20.6 Å². The van der Waals surface area contributed by atoms with Crippen LogP contribution in [0, 0.1) is 5.92 Å². The summed E-state index contributed by atoms with van der Waals surface area (Å²) >= 11 is 1.49. The maximum absolute atomic E-state index is 13.5. The minimum atomic E-state index is -0.685. The van der Waals surface area contributed by atoms with Crippen molar-refractivity contribution in [2.75, 3.05) is 13.2 Å². The van der Waals surface area contributed by atoms with Crippen LogP contribution in [0.2, 0.25) is 0 Å². The lowest BCUT2D eigenvalue weighted by molar-refractivity contribution is -0.123. The fraction of sp³-hybridized carbons (Fsp3) is 0.476. The molecule has 0 aliphatic heterocycles. The molecule has 50 heavy (non-hydrogen) atoms. The Labute approximate surface area is 302 Å². The molecule has 1 aliphatic carbocycles. The number of carbonyl (C=O) groups is 2. The number of carbonyl (C=O) groups excluding carboxylic acids is 2. The van der Waals surface area contributed by atoms with Crippen molar-refractivity contribution >= 4 is 23.2 Å². The summed E-state index contributed by atoms with van der Waals surface area (Å²) in [5.74, 6) is 1.66. The van der Waals surface area contributed by atoms with Gasteiger partial charge in [-0.25, -0.2) is 9.97 Å². The number of ether oxygens (including phenoxy) is 1. The number of unbranched alkanes of at least 4 members (excludes halogenated alkanes) is 4. The van der Waals surface area contributed by atoms with Gasteiger partial charge in [-0.1, -0.05) is 109 Å². The van der Waals surface area contributed by atoms with Crippen molar-refractivity contribution < 1.29 is 14.3 Å². The molecule has 8 heteroatoms. The largest absolute Gasteiger partial charge is 0.494 e. The van der Waals surface area contributed by atoms with E-state index in [4.69, 9.17) is 4.74 Å². The van der Waals surface area contributed by atoms with E-state index in [1.54, 1.807) is 0 Å². The van der Waals surface area contributed by atoms with Crippen LogP contribution >= 0.6 is 11.3 Å². The molecular formula is C42H54N4O3S. The van der Waals surface area contributed by atoms with E-state index >= 15 is 0 Å². The lowest BCUT2D eigenvalue weighted by Gasteiger charge is -2.24. The molecule has 5 rings (SSSR count). The third-order valence-electron chi connectivity index (χ3n) is 9.49. The van der Waals surface area contributed by atoms with E-state index in [2.05, 4.69) is 48.3 Å². The van der Waals surface area contributed by atoms with Gasteiger partial charge in [0.05, 0.1) is 11.5 Å². The molecule has 0 spiro atoms. The number of nitrogens with one attached hydrogen (secondary N) is 2. The van der Waals surface area contributed by atoms with Crippen LogP contribution in [0.5, 0.6) is 5.75 Å². The van der Waals surface area contributed by atoms with Gasteiger partial charge in [-0.05, 0) is 66.0 Å². The second kappa shape index (κ2) is 18.3. The number of benzene rings is 2. The topological polar surface area (TPSA) is 93.2 Å². The lowest BCUT2D eigenvalue weighted by Crippen LogP contribution is -2.49. The molecule has 0 unspecified atom stereocenters. The van der Waals surface area contributed by atoms with Gasteiger partial charge in [0.15, 0.2) is 5.82 Å². The minimum Gasteiger partial charge on any atom is -0.494 e. The number of hydrogen-bond donors (Lipinski definition) is 2. The second-order valence-electron chi connectivity index (χ2n) is 14.7. The van der Waals surface area contributed by atoms with Gasteiger partial charge in [0.2, 0.25) is 5.91 Å². The van der Waals surface area contributed by atoms with Gasteiger partial charge in [0.25, 0.3) is 5.91 Å². The smallest absolute Gasteiger partial charge is 0.262 e. The van der Waals surface area contributed by atoms with Crippen LogP contribution in [-0.2, 0) is 16.6 Å². The van der Waals surface area contributed by atoms with Crippen LogP contribution in [0.25, 0.3) is 22.5 Å². The predicted molar refractivity (Wildman–Crippen MR) is 205 cm³/mol. The van der Waals surface area contributed by atoms with E-state index < -0.39 is 6.04 Å². The first-order valence-electron chi connectivity index (χ1n) is 18.5. The molecule has 7 nitrogen and oxygen atoms in total. The standard InChI is InChI=1S/C42H54N4O3S/c1-5-6-7-8-12-25-49-35-21-19-32(20-22-35)34-28-43-39(44-29-34)33-17-15-30(16-18-33)26-36(40(47)45-27-31-13-10-9-11-14-31)46-41(48)37-23-24-38(50-37)42(2,3)4/h15-24,28-29,31,36H,5-14,25-27H2,1-4H3,(H,45,47)(H,46,48)/t36-/m0/s1. The molecule has 2 amide bonds. The molecule has 1 atom stereocenters. The molecule has 2 N–H and O–H groups in total. The van der Waals surface area contributed by atoms with Gasteiger partial charge in [-0.3, -0.25) is 9.59 Å². The van der Waals surface area contributed by atoms with E-state index in [-0.39, 0.29) is 17.2 Å². The quantitative estimate of drug-likeness (QED) is 0.114. The van der Waals surface area contributed by atoms with Crippen molar-refractivity contribution in [3.05, 3.63) is 88.4 Å². The summed E-state index contributed by atoms with van der Waals surface area (Å²) in [5.41, 5.74) is 3.77. The minimum absolute atomic E-state index is 0.0422. The predicted octanol–water partition coefficient (Wildman–Crippen LogP) is 9.56. The normalized spacial score (nSPS) is 14.2. The number of thiophene rings is 1. The van der Waals surface area contributed by atoms with E-state index in [1.165, 1.54) is 56.3 Å². The zero-order valence-corrected chi connectivity index (χ0v) is 31.1. The Hall–Kier alpha value is -4.04. The Morgan fingerprint density at radius 1 is 0.840 bits per heavy atom. The van der Waals surface area contributed by atoms with Gasteiger partial charge in [-0.15, -0.1) is 11.3 Å². The highest BCUT2D eigenvalue weighted by Gasteiger charge is 2.25. The number of rotatable bonds is 16. The lowest BCUT2D eigenvalue weighted by atomic mass is 9.89. The molecule has 1 saturated carbocycles. The molecule has 2 aromatic heterocycles. The number of hydrogen-bond acceptors (Lipinski definition) is 6. The second-order valence-corrected chi connectivity index (χ2v) is 15.8. The summed E-state index contributed by atoms with van der Waals surface area (Å²) < 4.78 is 5.92. The Bertz CT molecular complexity index is 1640. The Balaban J connectivity index is 1.20. The average molecular weight is 695 g/mol. The van der Waals surface area contributed by atoms with E-state index in [0.29, 0.717) is 29.6 Å². The van der Waals surface area contributed by atoms with Gasteiger partial charge >= 0.3 is 0 Å². The van der Waals surface area contributed by atoms with E-state index in [1.807, 2.05) is 73.1 Å². The summed E-state index contributed by atoms with van der Waals surface area (Å²) in [5, 5.41) is 6.21. The molecule has 1 aliphatic rings. The molecule has 0 bridgehead atoms. The highest BCUT2D eigenvalue weighted by Crippen LogP contribution is 2.30. The zero-order chi connectivity index (χ0) is 35.3. The first kappa shape index (κ1) is 37.2. The van der Waals surface area contributed by atoms with Crippen LogP contribution in [-0.4, -0.2) is 41.0 Å². The number of amides is 2. The van der Waals surface area contributed by atoms with E-state index in [9.17, 15) is 9.59 Å². The summed E-state index contributed by atoms with van der Waals surface area (Å²) in [4.78, 5) is 37.9.